The van der Waals surface area contributed by atoms with Gasteiger partial charge in [0.2, 0.25) is 5.91 Å². The number of rotatable bonds is 5. The molecule has 132 valence electrons. The minimum absolute atomic E-state index is 0.0305. The lowest BCUT2D eigenvalue weighted by molar-refractivity contribution is -0.137. The van der Waals surface area contributed by atoms with Crippen molar-refractivity contribution in [2.24, 2.45) is 0 Å². The first kappa shape index (κ1) is 18.1. The number of carbonyl (C=O) groups is 2. The van der Waals surface area contributed by atoms with Crippen LogP contribution in [0.15, 0.2) is 24.3 Å². The van der Waals surface area contributed by atoms with Crippen molar-refractivity contribution in [3.05, 3.63) is 29.8 Å². The fraction of sp³-hybridized carbons (Fsp3) is 0.467. The number of likely N-dealkylation sites (tertiary alicyclic amines) is 1. The van der Waals surface area contributed by atoms with E-state index in [-0.39, 0.29) is 24.1 Å². The van der Waals surface area contributed by atoms with Crippen molar-refractivity contribution in [1.29, 1.82) is 0 Å². The average Bonchev–Trinajstić information content (AvgIpc) is 2.84. The number of halogens is 3. The number of methoxy groups -OCH3 is 1. The normalized spacial score (nSPS) is 17.9. The van der Waals surface area contributed by atoms with Crippen LogP contribution in [0.2, 0.25) is 0 Å². The van der Waals surface area contributed by atoms with Crippen molar-refractivity contribution in [2.45, 2.75) is 18.6 Å². The predicted octanol–water partition coefficient (Wildman–Crippen LogP) is 2.07. The number of anilines is 1. The van der Waals surface area contributed by atoms with Gasteiger partial charge in [-0.25, -0.2) is 4.79 Å². The number of nitrogens with zero attached hydrogens (tertiary/aromatic N) is 1. The van der Waals surface area contributed by atoms with Crippen LogP contribution in [0.5, 0.6) is 0 Å². The second kappa shape index (κ2) is 7.52. The lowest BCUT2D eigenvalue weighted by Crippen LogP contribution is -2.40. The number of nitrogens with one attached hydrogen (secondary N) is 2. The molecule has 2 rings (SSSR count). The van der Waals surface area contributed by atoms with Gasteiger partial charge in [-0.05, 0) is 18.2 Å². The van der Waals surface area contributed by atoms with E-state index < -0.39 is 17.8 Å². The summed E-state index contributed by atoms with van der Waals surface area (Å²) < 4.78 is 42.8. The summed E-state index contributed by atoms with van der Waals surface area (Å²) in [6.07, 6.45) is -4.33. The predicted molar refractivity (Wildman–Crippen MR) is 80.5 cm³/mol. The number of alkyl halides is 3. The molecule has 0 aliphatic carbocycles. The van der Waals surface area contributed by atoms with Gasteiger partial charge in [-0.15, -0.1) is 0 Å². The summed E-state index contributed by atoms with van der Waals surface area (Å²) >= 11 is 0. The van der Waals surface area contributed by atoms with Crippen molar-refractivity contribution in [2.75, 3.05) is 32.1 Å². The number of urea groups is 1. The highest BCUT2D eigenvalue weighted by molar-refractivity contribution is 5.90. The molecule has 0 radical (unpaired) electrons. The van der Waals surface area contributed by atoms with Crippen LogP contribution < -0.4 is 10.6 Å². The van der Waals surface area contributed by atoms with E-state index in [1.165, 1.54) is 19.2 Å². The van der Waals surface area contributed by atoms with Crippen LogP contribution in [0.3, 0.4) is 0 Å². The average molecular weight is 345 g/mol. The third-order valence-electron chi connectivity index (χ3n) is 3.56. The Labute approximate surface area is 137 Å². The molecule has 0 bridgehead atoms. The number of benzene rings is 1. The molecule has 1 aromatic rings. The van der Waals surface area contributed by atoms with Gasteiger partial charge in [-0.1, -0.05) is 6.07 Å². The Morgan fingerprint density at radius 2 is 2.17 bits per heavy atom. The van der Waals surface area contributed by atoms with E-state index in [2.05, 4.69) is 10.6 Å². The van der Waals surface area contributed by atoms with Gasteiger partial charge in [0.05, 0.1) is 18.2 Å². The molecule has 1 aliphatic rings. The SMILES string of the molecule is COCCN1CC(NC(=O)Nc2cccc(C(F)(F)F)c2)CC1=O. The Morgan fingerprint density at radius 1 is 1.42 bits per heavy atom. The van der Waals surface area contributed by atoms with Crippen molar-refractivity contribution in [1.82, 2.24) is 10.2 Å². The quantitative estimate of drug-likeness (QED) is 0.858. The standard InChI is InChI=1S/C15H18F3N3O3/c1-24-6-5-21-9-12(8-13(21)22)20-14(23)19-11-4-2-3-10(7-11)15(16,17)18/h2-4,7,12H,5-6,8-9H2,1H3,(H2,19,20,23). The number of hydrogen-bond donors (Lipinski definition) is 2. The van der Waals surface area contributed by atoms with Crippen LogP contribution in [0.4, 0.5) is 23.7 Å². The largest absolute Gasteiger partial charge is 0.416 e. The molecule has 6 nitrogen and oxygen atoms in total. The van der Waals surface area contributed by atoms with Gasteiger partial charge in [0.25, 0.3) is 0 Å². The highest BCUT2D eigenvalue weighted by Crippen LogP contribution is 2.30. The highest BCUT2D eigenvalue weighted by Gasteiger charge is 2.31. The molecule has 1 aliphatic heterocycles. The van der Waals surface area contributed by atoms with E-state index in [4.69, 9.17) is 4.74 Å². The summed E-state index contributed by atoms with van der Waals surface area (Å²) in [6, 6.07) is 3.31. The summed E-state index contributed by atoms with van der Waals surface area (Å²) in [5.74, 6) is -0.101. The first-order chi connectivity index (χ1) is 11.3. The number of amides is 3. The van der Waals surface area contributed by atoms with Crippen molar-refractivity contribution in [3.8, 4) is 0 Å². The molecule has 24 heavy (non-hydrogen) atoms. The second-order valence-electron chi connectivity index (χ2n) is 5.41. The fourth-order valence-electron chi connectivity index (χ4n) is 2.41. The highest BCUT2D eigenvalue weighted by atomic mass is 19.4. The van der Waals surface area contributed by atoms with Gasteiger partial charge >= 0.3 is 12.2 Å². The van der Waals surface area contributed by atoms with Gasteiger partial charge in [0.15, 0.2) is 0 Å². The van der Waals surface area contributed by atoms with Crippen LogP contribution in [0.25, 0.3) is 0 Å². The lowest BCUT2D eigenvalue weighted by Gasteiger charge is -2.17. The smallest absolute Gasteiger partial charge is 0.383 e. The molecule has 3 amide bonds. The maximum absolute atomic E-state index is 12.6. The molecule has 1 fully saturated rings. The van der Waals surface area contributed by atoms with Crippen LogP contribution >= 0.6 is 0 Å². The van der Waals surface area contributed by atoms with E-state index in [1.807, 2.05) is 0 Å². The van der Waals surface area contributed by atoms with Gasteiger partial charge in [-0.2, -0.15) is 13.2 Å². The molecule has 0 spiro atoms. The van der Waals surface area contributed by atoms with Crippen molar-refractivity contribution >= 4 is 17.6 Å². The molecule has 9 heteroatoms. The minimum Gasteiger partial charge on any atom is -0.383 e. The van der Waals surface area contributed by atoms with E-state index in [0.29, 0.717) is 19.7 Å². The Morgan fingerprint density at radius 3 is 2.83 bits per heavy atom. The Kier molecular flexibility index (Phi) is 5.66. The fourth-order valence-corrected chi connectivity index (χ4v) is 2.41. The summed E-state index contributed by atoms with van der Waals surface area (Å²) in [5.41, 5.74) is -0.815. The molecule has 1 saturated heterocycles. The van der Waals surface area contributed by atoms with Gasteiger partial charge in [0, 0.05) is 32.3 Å². The third-order valence-corrected chi connectivity index (χ3v) is 3.56. The molecular weight excluding hydrogens is 327 g/mol. The third kappa shape index (κ3) is 4.85. The van der Waals surface area contributed by atoms with E-state index in [1.54, 1.807) is 4.90 Å². The lowest BCUT2D eigenvalue weighted by atomic mass is 10.2. The molecule has 1 unspecified atom stereocenters. The number of carbonyl (C=O) groups excluding carboxylic acids is 2. The first-order valence-electron chi connectivity index (χ1n) is 7.31. The molecule has 1 aromatic carbocycles. The number of hydrogen-bond acceptors (Lipinski definition) is 3. The molecule has 1 atom stereocenters. The molecule has 0 saturated carbocycles. The van der Waals surface area contributed by atoms with E-state index in [9.17, 15) is 22.8 Å². The molecular formula is C15H18F3N3O3. The first-order valence-corrected chi connectivity index (χ1v) is 7.31. The maximum atomic E-state index is 12.6. The Hall–Kier alpha value is -2.29. The summed E-state index contributed by atoms with van der Waals surface area (Å²) in [5, 5.41) is 4.94. The monoisotopic (exact) mass is 345 g/mol. The van der Waals surface area contributed by atoms with Gasteiger partial charge < -0.3 is 20.3 Å². The second-order valence-corrected chi connectivity index (χ2v) is 5.41. The zero-order valence-corrected chi connectivity index (χ0v) is 13.0. The molecule has 1 heterocycles. The topological polar surface area (TPSA) is 70.7 Å². The maximum Gasteiger partial charge on any atom is 0.416 e. The van der Waals surface area contributed by atoms with Crippen molar-refractivity contribution in [3.63, 3.8) is 0 Å². The zero-order chi connectivity index (χ0) is 17.7. The van der Waals surface area contributed by atoms with Crippen LogP contribution in [0.1, 0.15) is 12.0 Å². The zero-order valence-electron chi connectivity index (χ0n) is 13.0. The van der Waals surface area contributed by atoms with E-state index >= 15 is 0 Å². The minimum atomic E-state index is -4.48. The van der Waals surface area contributed by atoms with Crippen molar-refractivity contribution < 1.29 is 27.5 Å². The molecule has 0 aromatic heterocycles. The van der Waals surface area contributed by atoms with Crippen LogP contribution in [-0.2, 0) is 15.7 Å². The Bertz CT molecular complexity index is 607. The van der Waals surface area contributed by atoms with Gasteiger partial charge in [-0.3, -0.25) is 4.79 Å². The summed E-state index contributed by atoms with van der Waals surface area (Å²) in [4.78, 5) is 25.2. The Balaban J connectivity index is 1.89. The van der Waals surface area contributed by atoms with Crippen LogP contribution in [0, 0.1) is 0 Å². The van der Waals surface area contributed by atoms with E-state index in [0.717, 1.165) is 12.1 Å². The molecule has 2 N–H and O–H groups in total. The summed E-state index contributed by atoms with van der Waals surface area (Å²) in [7, 11) is 1.53. The van der Waals surface area contributed by atoms with Gasteiger partial charge in [0.1, 0.15) is 0 Å². The summed E-state index contributed by atoms with van der Waals surface area (Å²) in [6.45, 7) is 1.18. The number of ether oxygens (including phenoxy) is 1. The van der Waals surface area contributed by atoms with Crippen LogP contribution in [-0.4, -0.2) is 49.7 Å².